The molecule has 0 aliphatic heterocycles. The topological polar surface area (TPSA) is 18.5 Å². The molecule has 68 valence electrons. The van der Waals surface area contributed by atoms with Crippen molar-refractivity contribution in [2.75, 3.05) is 13.2 Å². The summed E-state index contributed by atoms with van der Waals surface area (Å²) in [5.41, 5.74) is 0. The molecular formula is C7H17ClO2Si. The Labute approximate surface area is 76.6 Å². The van der Waals surface area contributed by atoms with Crippen LogP contribution in [0.2, 0.25) is 6.04 Å². The van der Waals surface area contributed by atoms with Gasteiger partial charge in [0.2, 0.25) is 5.25 Å². The predicted molar refractivity (Wildman–Crippen MR) is 51.2 cm³/mol. The minimum Gasteiger partial charge on any atom is -0.338 e. The van der Waals surface area contributed by atoms with Crippen molar-refractivity contribution < 1.29 is 9.47 Å². The molecule has 0 saturated carbocycles. The molecule has 0 aliphatic rings. The average Bonchev–Trinajstić information content (AvgIpc) is 1.88. The molecule has 0 aliphatic carbocycles. The normalized spacial score (nSPS) is 12.3. The van der Waals surface area contributed by atoms with E-state index in [1.165, 1.54) is 0 Å². The summed E-state index contributed by atoms with van der Waals surface area (Å²) in [6.07, 6.45) is 0.794. The van der Waals surface area contributed by atoms with Crippen molar-refractivity contribution in [1.29, 1.82) is 0 Å². The van der Waals surface area contributed by atoms with Gasteiger partial charge < -0.3 is 9.47 Å². The summed E-state index contributed by atoms with van der Waals surface area (Å²) in [7, 11) is 1.14. The minimum absolute atomic E-state index is 0.602. The van der Waals surface area contributed by atoms with Crippen LogP contribution in [0, 0.1) is 0 Å². The van der Waals surface area contributed by atoms with E-state index in [2.05, 4.69) is 0 Å². The Morgan fingerprint density at radius 3 is 2.00 bits per heavy atom. The molecule has 0 unspecified atom stereocenters. The predicted octanol–water partition coefficient (Wildman–Crippen LogP) is 1.13. The van der Waals surface area contributed by atoms with Gasteiger partial charge in [-0.2, -0.15) is 0 Å². The van der Waals surface area contributed by atoms with Crippen molar-refractivity contribution >= 4 is 21.8 Å². The molecule has 4 heteroatoms. The lowest BCUT2D eigenvalue weighted by Crippen LogP contribution is -2.29. The van der Waals surface area contributed by atoms with Gasteiger partial charge in [0, 0.05) is 29.9 Å². The van der Waals surface area contributed by atoms with E-state index in [4.69, 9.17) is 21.1 Å². The van der Waals surface area contributed by atoms with Gasteiger partial charge >= 0.3 is 0 Å². The number of rotatable bonds is 6. The van der Waals surface area contributed by atoms with Crippen molar-refractivity contribution in [3.05, 3.63) is 0 Å². The number of hydrogen-bond acceptors (Lipinski definition) is 2. The third-order valence-electron chi connectivity index (χ3n) is 1.27. The molecular weight excluding hydrogens is 180 g/mol. The molecule has 0 aromatic carbocycles. The maximum absolute atomic E-state index is 6.02. The van der Waals surface area contributed by atoms with Gasteiger partial charge in [0.25, 0.3) is 0 Å². The maximum Gasteiger partial charge on any atom is 0.247 e. The first-order valence-electron chi connectivity index (χ1n) is 4.15. The molecule has 0 N–H and O–H groups in total. The van der Waals surface area contributed by atoms with Gasteiger partial charge in [0.1, 0.15) is 0 Å². The van der Waals surface area contributed by atoms with Crippen molar-refractivity contribution in [2.24, 2.45) is 0 Å². The molecule has 11 heavy (non-hydrogen) atoms. The molecule has 0 radical (unpaired) electrons. The maximum atomic E-state index is 6.02. The van der Waals surface area contributed by atoms with Crippen LogP contribution in [0.25, 0.3) is 0 Å². The van der Waals surface area contributed by atoms with Crippen LogP contribution >= 0.6 is 11.6 Å². The Bertz CT molecular complexity index is 83.4. The summed E-state index contributed by atoms with van der Waals surface area (Å²) < 4.78 is 10.6. The Morgan fingerprint density at radius 2 is 1.73 bits per heavy atom. The van der Waals surface area contributed by atoms with Crippen LogP contribution in [0.15, 0.2) is 0 Å². The summed E-state index contributed by atoms with van der Waals surface area (Å²) in [5.74, 6) is 0. The van der Waals surface area contributed by atoms with Gasteiger partial charge in [-0.15, -0.1) is 0 Å². The monoisotopic (exact) mass is 196 g/mol. The number of hydrogen-bond donors (Lipinski definition) is 0. The average molecular weight is 197 g/mol. The first-order chi connectivity index (χ1) is 5.18. The summed E-state index contributed by atoms with van der Waals surface area (Å²) in [6, 6.07) is 1.10. The molecule has 2 nitrogen and oxygen atoms in total. The second-order valence-corrected chi connectivity index (χ2v) is 3.85. The van der Waals surface area contributed by atoms with Crippen LogP contribution in [-0.4, -0.2) is 28.7 Å². The van der Waals surface area contributed by atoms with Crippen LogP contribution in [0.4, 0.5) is 0 Å². The summed E-state index contributed by atoms with van der Waals surface area (Å²) in [5, 5.41) is -0.842. The van der Waals surface area contributed by atoms with Gasteiger partial charge in [-0.25, -0.2) is 0 Å². The highest BCUT2D eigenvalue weighted by molar-refractivity contribution is 6.22. The van der Waals surface area contributed by atoms with Crippen LogP contribution in [0.5, 0.6) is 0 Å². The van der Waals surface area contributed by atoms with E-state index in [9.17, 15) is 0 Å². The highest BCUT2D eigenvalue weighted by atomic mass is 35.5. The zero-order chi connectivity index (χ0) is 8.74. The van der Waals surface area contributed by atoms with Gasteiger partial charge in [-0.05, 0) is 13.8 Å². The van der Waals surface area contributed by atoms with E-state index < -0.39 is 5.25 Å². The van der Waals surface area contributed by atoms with Gasteiger partial charge in [0.05, 0.1) is 0 Å². The van der Waals surface area contributed by atoms with Gasteiger partial charge in [0.15, 0.2) is 0 Å². The van der Waals surface area contributed by atoms with Crippen molar-refractivity contribution in [3.63, 3.8) is 0 Å². The van der Waals surface area contributed by atoms with Crippen LogP contribution in [-0.2, 0) is 9.47 Å². The molecule has 0 spiro atoms. The van der Waals surface area contributed by atoms with E-state index in [1.807, 2.05) is 13.8 Å². The largest absolute Gasteiger partial charge is 0.338 e. The molecule has 0 bridgehead atoms. The summed E-state index contributed by atoms with van der Waals surface area (Å²) in [4.78, 5) is 0. The lowest BCUT2D eigenvalue weighted by Gasteiger charge is -2.25. The lowest BCUT2D eigenvalue weighted by atomic mass is 10.4. The van der Waals surface area contributed by atoms with Gasteiger partial charge in [-0.3, -0.25) is 0 Å². The van der Waals surface area contributed by atoms with Crippen molar-refractivity contribution in [2.45, 2.75) is 31.6 Å². The molecule has 0 heterocycles. The first-order valence-corrected chi connectivity index (χ1v) is 5.94. The molecule has 0 rings (SSSR count). The molecule has 0 saturated heterocycles. The second-order valence-electron chi connectivity index (χ2n) is 2.28. The fraction of sp³-hybridized carbons (Fsp3) is 1.00. The number of alkyl halides is 1. The van der Waals surface area contributed by atoms with E-state index >= 15 is 0 Å². The Balaban J connectivity index is 3.79. The van der Waals surface area contributed by atoms with E-state index in [0.29, 0.717) is 13.2 Å². The van der Waals surface area contributed by atoms with E-state index in [1.54, 1.807) is 0 Å². The molecule has 0 atom stereocenters. The fourth-order valence-corrected chi connectivity index (χ4v) is 2.30. The Hall–Kier alpha value is 0.427. The van der Waals surface area contributed by atoms with Crippen molar-refractivity contribution in [1.82, 2.24) is 0 Å². The number of halogens is 1. The molecule has 0 fully saturated rings. The summed E-state index contributed by atoms with van der Waals surface area (Å²) in [6.45, 7) is 5.04. The third-order valence-corrected chi connectivity index (χ3v) is 2.18. The smallest absolute Gasteiger partial charge is 0.247 e. The Morgan fingerprint density at radius 1 is 1.27 bits per heavy atom. The van der Waals surface area contributed by atoms with Crippen LogP contribution in [0.1, 0.15) is 20.3 Å². The number of ether oxygens (including phenoxy) is 2. The lowest BCUT2D eigenvalue weighted by molar-refractivity contribution is -0.173. The zero-order valence-electron chi connectivity index (χ0n) is 7.52. The minimum atomic E-state index is -0.842. The fourth-order valence-electron chi connectivity index (χ4n) is 0.916. The zero-order valence-corrected chi connectivity index (χ0v) is 10.3. The highest BCUT2D eigenvalue weighted by Crippen LogP contribution is 2.24. The quantitative estimate of drug-likeness (QED) is 0.360. The molecule has 0 amide bonds. The van der Waals surface area contributed by atoms with Crippen molar-refractivity contribution in [3.8, 4) is 0 Å². The summed E-state index contributed by atoms with van der Waals surface area (Å²) >= 11 is 6.02. The van der Waals surface area contributed by atoms with E-state index in [0.717, 1.165) is 22.7 Å². The first kappa shape index (κ1) is 11.4. The van der Waals surface area contributed by atoms with Crippen LogP contribution in [0.3, 0.4) is 0 Å². The van der Waals surface area contributed by atoms with Crippen LogP contribution < -0.4 is 0 Å². The molecule has 0 aromatic rings. The Kier molecular flexibility index (Phi) is 6.23. The second kappa shape index (κ2) is 6.00. The highest BCUT2D eigenvalue weighted by Gasteiger charge is 2.26. The standard InChI is InChI=1S/C7H17ClO2Si/c1-3-9-7(8,5-6-11)10-4-2/h3-6H2,1-2,11H3. The SMILES string of the molecule is CCOC(Cl)(CC[SiH3])OCC. The van der Waals surface area contributed by atoms with Gasteiger partial charge in [-0.1, -0.05) is 17.6 Å². The molecule has 0 aromatic heterocycles. The van der Waals surface area contributed by atoms with E-state index in [-0.39, 0.29) is 0 Å². The third kappa shape index (κ3) is 4.79.